The fourth-order valence-corrected chi connectivity index (χ4v) is 4.20. The summed E-state index contributed by atoms with van der Waals surface area (Å²) in [5.74, 6) is 2.78. The van der Waals surface area contributed by atoms with E-state index in [0.29, 0.717) is 42.1 Å². The highest BCUT2D eigenvalue weighted by Crippen LogP contribution is 2.28. The first-order valence-corrected chi connectivity index (χ1v) is 11.6. The average Bonchev–Trinajstić information content (AvgIpc) is 3.63. The maximum atomic E-state index is 13.0. The van der Waals surface area contributed by atoms with Crippen LogP contribution in [0, 0.1) is 11.3 Å². The third-order valence-electron chi connectivity index (χ3n) is 5.04. The van der Waals surface area contributed by atoms with Gasteiger partial charge in [-0.1, -0.05) is 23.9 Å². The van der Waals surface area contributed by atoms with Crippen LogP contribution in [0.3, 0.4) is 0 Å². The fourth-order valence-electron chi connectivity index (χ4n) is 3.36. The molecule has 1 aromatic carbocycles. The minimum absolute atomic E-state index is 0.118. The summed E-state index contributed by atoms with van der Waals surface area (Å²) < 4.78 is 18.2. The molecule has 0 saturated heterocycles. The van der Waals surface area contributed by atoms with Crippen LogP contribution in [0.15, 0.2) is 75.0 Å². The van der Waals surface area contributed by atoms with Crippen LogP contribution in [0.5, 0.6) is 5.75 Å². The summed E-state index contributed by atoms with van der Waals surface area (Å²) in [5, 5.41) is 18.3. The number of nitrogens with zero attached hydrogens (tertiary/aromatic N) is 5. The highest BCUT2D eigenvalue weighted by molar-refractivity contribution is 7.99. The van der Waals surface area contributed by atoms with E-state index in [4.69, 9.17) is 18.8 Å². The van der Waals surface area contributed by atoms with Gasteiger partial charge in [-0.15, -0.1) is 10.2 Å². The molecule has 0 spiro atoms. The smallest absolute Gasteiger partial charge is 0.233 e. The van der Waals surface area contributed by atoms with Gasteiger partial charge in [0.2, 0.25) is 5.91 Å². The first-order chi connectivity index (χ1) is 16.7. The molecule has 0 aliphatic heterocycles. The van der Waals surface area contributed by atoms with Crippen molar-refractivity contribution in [2.24, 2.45) is 0 Å². The van der Waals surface area contributed by atoms with Gasteiger partial charge < -0.3 is 18.5 Å². The molecule has 0 unspecified atom stereocenters. The maximum absolute atomic E-state index is 13.0. The van der Waals surface area contributed by atoms with E-state index in [-0.39, 0.29) is 18.1 Å². The molecule has 9 nitrogen and oxygen atoms in total. The Morgan fingerprint density at radius 3 is 2.65 bits per heavy atom. The lowest BCUT2D eigenvalue weighted by molar-refractivity contribution is -0.129. The monoisotopic (exact) mass is 477 g/mol. The quantitative estimate of drug-likeness (QED) is 0.295. The van der Waals surface area contributed by atoms with Crippen LogP contribution >= 0.6 is 11.8 Å². The molecule has 10 heteroatoms. The molecule has 0 saturated carbocycles. The van der Waals surface area contributed by atoms with Gasteiger partial charge in [-0.25, -0.2) is 0 Å². The average molecular weight is 478 g/mol. The second kappa shape index (κ2) is 11.2. The third kappa shape index (κ3) is 5.68. The molecule has 0 fully saturated rings. The van der Waals surface area contributed by atoms with Crippen molar-refractivity contribution in [3.8, 4) is 23.2 Å². The molecule has 34 heavy (non-hydrogen) atoms. The number of methoxy groups -OCH3 is 1. The third-order valence-corrected chi connectivity index (χ3v) is 5.99. The van der Waals surface area contributed by atoms with Crippen molar-refractivity contribution in [1.29, 1.82) is 5.26 Å². The minimum atomic E-state index is -0.118. The number of hydrogen-bond acceptors (Lipinski definition) is 8. The van der Waals surface area contributed by atoms with Crippen LogP contribution in [0.25, 0.3) is 11.4 Å². The standard InChI is InChI=1S/C24H23N5O4S/c1-31-19-7-2-6-18(14-19)23-26-27-24(29(23)16-21-9-4-13-33-21)34-17-22(30)28(11-5-10-25)15-20-8-3-12-32-20/h2-4,6-9,12-14H,5,11,15-17H2,1H3. The largest absolute Gasteiger partial charge is 0.497 e. The summed E-state index contributed by atoms with van der Waals surface area (Å²) in [4.78, 5) is 14.6. The molecule has 0 radical (unpaired) electrons. The van der Waals surface area contributed by atoms with Crippen molar-refractivity contribution in [1.82, 2.24) is 19.7 Å². The van der Waals surface area contributed by atoms with Crippen LogP contribution in [0.2, 0.25) is 0 Å². The zero-order valence-electron chi connectivity index (χ0n) is 18.6. The van der Waals surface area contributed by atoms with Gasteiger partial charge in [0.05, 0.1) is 51.0 Å². The van der Waals surface area contributed by atoms with Gasteiger partial charge in [-0.3, -0.25) is 9.36 Å². The first kappa shape index (κ1) is 23.2. The highest BCUT2D eigenvalue weighted by Gasteiger charge is 2.20. The molecule has 1 amide bonds. The summed E-state index contributed by atoms with van der Waals surface area (Å²) in [6.07, 6.45) is 3.42. The zero-order valence-corrected chi connectivity index (χ0v) is 19.4. The van der Waals surface area contributed by atoms with Gasteiger partial charge in [0.15, 0.2) is 11.0 Å². The van der Waals surface area contributed by atoms with E-state index in [1.807, 2.05) is 41.0 Å². The number of nitriles is 1. The molecule has 0 N–H and O–H groups in total. The SMILES string of the molecule is COc1cccc(-c2nnc(SCC(=O)N(CCC#N)Cc3ccco3)n2Cc2ccco2)c1. The van der Waals surface area contributed by atoms with Crippen molar-refractivity contribution in [2.45, 2.75) is 24.7 Å². The molecule has 0 bridgehead atoms. The predicted octanol–water partition coefficient (Wildman–Crippen LogP) is 4.22. The lowest BCUT2D eigenvalue weighted by atomic mass is 10.2. The van der Waals surface area contributed by atoms with Gasteiger partial charge in [-0.2, -0.15) is 5.26 Å². The van der Waals surface area contributed by atoms with Gasteiger partial charge in [0.1, 0.15) is 17.3 Å². The lowest BCUT2D eigenvalue weighted by Crippen LogP contribution is -2.32. The van der Waals surface area contributed by atoms with Crippen LogP contribution in [-0.2, 0) is 17.9 Å². The number of hydrogen-bond donors (Lipinski definition) is 0. The Labute approximate surface area is 200 Å². The Bertz CT molecular complexity index is 1240. The number of carbonyl (C=O) groups excluding carboxylic acids is 1. The fraction of sp³-hybridized carbons (Fsp3) is 0.250. The normalized spacial score (nSPS) is 10.7. The van der Waals surface area contributed by atoms with Gasteiger partial charge >= 0.3 is 0 Å². The van der Waals surface area contributed by atoms with Crippen molar-refractivity contribution in [2.75, 3.05) is 19.4 Å². The van der Waals surface area contributed by atoms with Crippen molar-refractivity contribution in [3.05, 3.63) is 72.6 Å². The topological polar surface area (TPSA) is 110 Å². The first-order valence-electron chi connectivity index (χ1n) is 10.6. The van der Waals surface area contributed by atoms with E-state index in [2.05, 4.69) is 16.3 Å². The number of ether oxygens (including phenoxy) is 1. The predicted molar refractivity (Wildman–Crippen MR) is 125 cm³/mol. The van der Waals surface area contributed by atoms with Crippen molar-refractivity contribution >= 4 is 17.7 Å². The number of amides is 1. The number of aromatic nitrogens is 3. The van der Waals surface area contributed by atoms with Crippen LogP contribution in [0.4, 0.5) is 0 Å². The number of carbonyl (C=O) groups is 1. The number of furan rings is 2. The highest BCUT2D eigenvalue weighted by atomic mass is 32.2. The van der Waals surface area contributed by atoms with Crippen LogP contribution in [0.1, 0.15) is 17.9 Å². The van der Waals surface area contributed by atoms with Gasteiger partial charge in [-0.05, 0) is 36.4 Å². The maximum Gasteiger partial charge on any atom is 0.233 e. The molecule has 3 aromatic heterocycles. The minimum Gasteiger partial charge on any atom is -0.497 e. The molecular weight excluding hydrogens is 454 g/mol. The van der Waals surface area contributed by atoms with Crippen LogP contribution < -0.4 is 4.74 Å². The summed E-state index contributed by atoms with van der Waals surface area (Å²) >= 11 is 1.29. The van der Waals surface area contributed by atoms with Gasteiger partial charge in [0.25, 0.3) is 0 Å². The molecule has 174 valence electrons. The number of thioether (sulfide) groups is 1. The van der Waals surface area contributed by atoms with E-state index in [9.17, 15) is 4.79 Å². The van der Waals surface area contributed by atoms with Gasteiger partial charge in [0, 0.05) is 12.1 Å². The molecule has 4 rings (SSSR count). The molecule has 0 aliphatic rings. The van der Waals surface area contributed by atoms with E-state index in [1.54, 1.807) is 36.7 Å². The number of rotatable bonds is 11. The van der Waals surface area contributed by atoms with Crippen molar-refractivity contribution in [3.63, 3.8) is 0 Å². The Kier molecular flexibility index (Phi) is 7.67. The Hall–Kier alpha value is -3.97. The van der Waals surface area contributed by atoms with Crippen LogP contribution in [-0.4, -0.2) is 45.0 Å². The lowest BCUT2D eigenvalue weighted by Gasteiger charge is -2.20. The zero-order chi connectivity index (χ0) is 23.8. The second-order valence-corrected chi connectivity index (χ2v) is 8.24. The molecule has 0 aliphatic carbocycles. The molecule has 4 aromatic rings. The number of benzene rings is 1. The van der Waals surface area contributed by atoms with E-state index in [1.165, 1.54) is 11.8 Å². The summed E-state index contributed by atoms with van der Waals surface area (Å²) in [6.45, 7) is 1.04. The molecular formula is C24H23N5O4S. The second-order valence-electron chi connectivity index (χ2n) is 7.30. The van der Waals surface area contributed by atoms with E-state index >= 15 is 0 Å². The Balaban J connectivity index is 1.55. The van der Waals surface area contributed by atoms with Crippen molar-refractivity contribution < 1.29 is 18.4 Å². The Morgan fingerprint density at radius 2 is 1.94 bits per heavy atom. The summed E-state index contributed by atoms with van der Waals surface area (Å²) in [7, 11) is 1.61. The molecule has 0 atom stereocenters. The summed E-state index contributed by atoms with van der Waals surface area (Å²) in [6, 6.07) is 16.9. The Morgan fingerprint density at radius 1 is 1.15 bits per heavy atom. The summed E-state index contributed by atoms with van der Waals surface area (Å²) in [5.41, 5.74) is 0.838. The van der Waals surface area contributed by atoms with E-state index < -0.39 is 0 Å². The van der Waals surface area contributed by atoms with E-state index in [0.717, 1.165) is 11.3 Å². The molecule has 3 heterocycles.